The Balaban J connectivity index is 1.85. The number of ether oxygens (including phenoxy) is 1. The Morgan fingerprint density at radius 3 is 2.52 bits per heavy atom. The van der Waals surface area contributed by atoms with Gasteiger partial charge in [-0.1, -0.05) is 45.2 Å². The molecule has 1 fully saturated rings. The maximum atomic E-state index is 12.3. The molecule has 0 spiro atoms. The fraction of sp³-hybridized carbons (Fsp3) is 0.636. The minimum atomic E-state index is -0.264. The van der Waals surface area contributed by atoms with Crippen LogP contribution in [0, 0.1) is 0 Å². The molecule has 0 aliphatic heterocycles. The van der Waals surface area contributed by atoms with Crippen molar-refractivity contribution in [3.8, 4) is 5.75 Å². The topological polar surface area (TPSA) is 82.7 Å². The van der Waals surface area contributed by atoms with E-state index in [2.05, 4.69) is 34.7 Å². The minimum absolute atomic E-state index is 0.0262. The molecule has 0 heterocycles. The largest absolute Gasteiger partial charge is 0.497 e. The number of benzene rings is 1. The summed E-state index contributed by atoms with van der Waals surface area (Å²) in [7, 11) is 1.65. The molecular weight excluding hydrogens is 368 g/mol. The van der Waals surface area contributed by atoms with Gasteiger partial charge in [-0.15, -0.1) is 0 Å². The smallest absolute Gasteiger partial charge is 0.315 e. The molecule has 3 amide bonds. The van der Waals surface area contributed by atoms with Gasteiger partial charge in [0, 0.05) is 12.6 Å². The van der Waals surface area contributed by atoms with Crippen molar-refractivity contribution in [1.82, 2.24) is 20.9 Å². The standard InChI is InChI=1S/C22H36N4O3/c1-4-26(5-2)20(17-10-9-13-19(14-17)29-3)15-23-21(27)16-24-22(28)25-18-11-7-6-8-12-18/h9-10,13-14,18,20H,4-8,11-12,15-16H2,1-3H3,(H,23,27)(H2,24,25,28). The molecular formula is C22H36N4O3. The van der Waals surface area contributed by atoms with Crippen LogP contribution in [0.1, 0.15) is 57.6 Å². The van der Waals surface area contributed by atoms with Gasteiger partial charge in [-0.25, -0.2) is 4.79 Å². The molecule has 7 nitrogen and oxygen atoms in total. The number of amides is 3. The maximum absolute atomic E-state index is 12.3. The van der Waals surface area contributed by atoms with Crippen LogP contribution in [0.5, 0.6) is 5.75 Å². The Morgan fingerprint density at radius 2 is 1.86 bits per heavy atom. The highest BCUT2D eigenvalue weighted by molar-refractivity contribution is 5.84. The molecule has 2 rings (SSSR count). The summed E-state index contributed by atoms with van der Waals surface area (Å²) in [5.74, 6) is 0.607. The van der Waals surface area contributed by atoms with Crippen LogP contribution in [-0.2, 0) is 4.79 Å². The van der Waals surface area contributed by atoms with Crippen molar-refractivity contribution < 1.29 is 14.3 Å². The van der Waals surface area contributed by atoms with E-state index in [1.807, 2.05) is 24.3 Å². The molecule has 7 heteroatoms. The predicted molar refractivity (Wildman–Crippen MR) is 115 cm³/mol. The highest BCUT2D eigenvalue weighted by atomic mass is 16.5. The molecule has 0 saturated heterocycles. The summed E-state index contributed by atoms with van der Waals surface area (Å²) in [6, 6.07) is 7.94. The van der Waals surface area contributed by atoms with Gasteiger partial charge in [-0.2, -0.15) is 0 Å². The van der Waals surface area contributed by atoms with Gasteiger partial charge < -0.3 is 20.7 Å². The quantitative estimate of drug-likeness (QED) is 0.560. The Kier molecular flexibility index (Phi) is 9.77. The lowest BCUT2D eigenvalue weighted by atomic mass is 9.96. The second-order valence-corrected chi connectivity index (χ2v) is 7.48. The number of hydrogen-bond acceptors (Lipinski definition) is 4. The molecule has 1 aromatic carbocycles. The molecule has 0 bridgehead atoms. The lowest BCUT2D eigenvalue weighted by molar-refractivity contribution is -0.120. The van der Waals surface area contributed by atoms with Crippen molar-refractivity contribution in [1.29, 1.82) is 0 Å². The summed E-state index contributed by atoms with van der Waals surface area (Å²) in [4.78, 5) is 26.6. The summed E-state index contributed by atoms with van der Waals surface area (Å²) in [5, 5.41) is 8.60. The van der Waals surface area contributed by atoms with Crippen molar-refractivity contribution in [2.75, 3.05) is 33.3 Å². The number of methoxy groups -OCH3 is 1. The number of rotatable bonds is 10. The van der Waals surface area contributed by atoms with Crippen LogP contribution in [0.25, 0.3) is 0 Å². The van der Waals surface area contributed by atoms with Crippen molar-refractivity contribution in [2.24, 2.45) is 0 Å². The van der Waals surface area contributed by atoms with Crippen LogP contribution >= 0.6 is 0 Å². The first kappa shape index (κ1) is 23.0. The van der Waals surface area contributed by atoms with Crippen LogP contribution in [0.15, 0.2) is 24.3 Å². The van der Waals surface area contributed by atoms with Crippen molar-refractivity contribution in [3.05, 3.63) is 29.8 Å². The molecule has 162 valence electrons. The van der Waals surface area contributed by atoms with Crippen LogP contribution in [0.3, 0.4) is 0 Å². The monoisotopic (exact) mass is 404 g/mol. The summed E-state index contributed by atoms with van der Waals surface area (Å²) < 4.78 is 5.34. The van der Waals surface area contributed by atoms with E-state index in [1.54, 1.807) is 7.11 Å². The maximum Gasteiger partial charge on any atom is 0.315 e. The number of nitrogens with zero attached hydrogens (tertiary/aromatic N) is 1. The molecule has 1 unspecified atom stereocenters. The molecule has 1 saturated carbocycles. The third kappa shape index (κ3) is 7.57. The number of nitrogens with one attached hydrogen (secondary N) is 3. The van der Waals surface area contributed by atoms with Crippen molar-refractivity contribution in [2.45, 2.75) is 58.0 Å². The predicted octanol–water partition coefficient (Wildman–Crippen LogP) is 2.83. The van der Waals surface area contributed by atoms with E-state index >= 15 is 0 Å². The van der Waals surface area contributed by atoms with Gasteiger partial charge >= 0.3 is 6.03 Å². The third-order valence-electron chi connectivity index (χ3n) is 5.57. The SMILES string of the molecule is CCN(CC)C(CNC(=O)CNC(=O)NC1CCCCC1)c1cccc(OC)c1. The number of hydrogen-bond donors (Lipinski definition) is 3. The average molecular weight is 405 g/mol. The van der Waals surface area contributed by atoms with Crippen LogP contribution in [0.4, 0.5) is 4.79 Å². The van der Waals surface area contributed by atoms with Crippen LogP contribution in [0.2, 0.25) is 0 Å². The molecule has 0 radical (unpaired) electrons. The van der Waals surface area contributed by atoms with E-state index in [1.165, 1.54) is 6.42 Å². The van der Waals surface area contributed by atoms with Crippen molar-refractivity contribution in [3.63, 3.8) is 0 Å². The second kappa shape index (κ2) is 12.3. The lowest BCUT2D eigenvalue weighted by Crippen LogP contribution is -2.47. The van der Waals surface area contributed by atoms with Crippen LogP contribution in [-0.4, -0.2) is 56.2 Å². The van der Waals surface area contributed by atoms with Gasteiger partial charge in [0.15, 0.2) is 0 Å². The van der Waals surface area contributed by atoms with Crippen LogP contribution < -0.4 is 20.7 Å². The molecule has 1 aliphatic rings. The van der Waals surface area contributed by atoms with E-state index in [9.17, 15) is 9.59 Å². The second-order valence-electron chi connectivity index (χ2n) is 7.48. The molecule has 1 atom stereocenters. The van der Waals surface area contributed by atoms with E-state index in [0.29, 0.717) is 6.54 Å². The van der Waals surface area contributed by atoms with E-state index in [-0.39, 0.29) is 30.6 Å². The van der Waals surface area contributed by atoms with E-state index < -0.39 is 0 Å². The molecule has 29 heavy (non-hydrogen) atoms. The molecule has 0 aromatic heterocycles. The fourth-order valence-corrected chi connectivity index (χ4v) is 3.89. The Labute approximate surface area is 174 Å². The van der Waals surface area contributed by atoms with E-state index in [0.717, 1.165) is 50.1 Å². The summed E-state index contributed by atoms with van der Waals surface area (Å²) in [5.41, 5.74) is 1.09. The summed E-state index contributed by atoms with van der Waals surface area (Å²) >= 11 is 0. The van der Waals surface area contributed by atoms with Gasteiger partial charge in [-0.05, 0) is 43.6 Å². The summed E-state index contributed by atoms with van der Waals surface area (Å²) in [6.07, 6.45) is 5.59. The summed E-state index contributed by atoms with van der Waals surface area (Å²) in [6.45, 7) is 6.40. The number of urea groups is 1. The van der Waals surface area contributed by atoms with E-state index in [4.69, 9.17) is 4.74 Å². The third-order valence-corrected chi connectivity index (χ3v) is 5.57. The van der Waals surface area contributed by atoms with Gasteiger partial charge in [0.2, 0.25) is 5.91 Å². The van der Waals surface area contributed by atoms with Gasteiger partial charge in [0.05, 0.1) is 19.7 Å². The first-order chi connectivity index (χ1) is 14.1. The average Bonchev–Trinajstić information content (AvgIpc) is 2.76. The molecule has 1 aliphatic carbocycles. The van der Waals surface area contributed by atoms with Gasteiger partial charge in [0.1, 0.15) is 5.75 Å². The highest BCUT2D eigenvalue weighted by Crippen LogP contribution is 2.23. The minimum Gasteiger partial charge on any atom is -0.497 e. The first-order valence-electron chi connectivity index (χ1n) is 10.8. The zero-order valence-electron chi connectivity index (χ0n) is 18.0. The number of carbonyl (C=O) groups excluding carboxylic acids is 2. The Morgan fingerprint density at radius 1 is 1.14 bits per heavy atom. The lowest BCUT2D eigenvalue weighted by Gasteiger charge is -2.30. The molecule has 1 aromatic rings. The van der Waals surface area contributed by atoms with Gasteiger partial charge in [0.25, 0.3) is 0 Å². The zero-order valence-corrected chi connectivity index (χ0v) is 18.0. The number of carbonyl (C=O) groups is 2. The van der Waals surface area contributed by atoms with Gasteiger partial charge in [-0.3, -0.25) is 9.69 Å². The molecule has 3 N–H and O–H groups in total. The zero-order chi connectivity index (χ0) is 21.1. The Bertz CT molecular complexity index is 643. The van der Waals surface area contributed by atoms with Crippen molar-refractivity contribution >= 4 is 11.9 Å². The highest BCUT2D eigenvalue weighted by Gasteiger charge is 2.20. The fourth-order valence-electron chi connectivity index (χ4n) is 3.89. The number of likely N-dealkylation sites (N-methyl/N-ethyl adjacent to an activating group) is 1. The Hall–Kier alpha value is -2.28. The first-order valence-corrected chi connectivity index (χ1v) is 10.8. The normalized spacial score (nSPS) is 15.6.